The summed E-state index contributed by atoms with van der Waals surface area (Å²) in [6.45, 7) is 2.18. The third kappa shape index (κ3) is 4.40. The number of nitrogen functional groups attached to an aromatic ring is 1. The highest BCUT2D eigenvalue weighted by atomic mass is 35.7. The fourth-order valence-electron chi connectivity index (χ4n) is 0.990. The Morgan fingerprint density at radius 1 is 1.40 bits per heavy atom. The quantitative estimate of drug-likeness (QED) is 0.383. The molecular formula is C6H11ClN4O4. The van der Waals surface area contributed by atoms with Gasteiger partial charge in [0.05, 0.1) is 0 Å². The first-order valence-corrected chi connectivity index (χ1v) is 5.27. The van der Waals surface area contributed by atoms with Crippen LogP contribution in [0.2, 0.25) is 0 Å². The molecule has 15 heavy (non-hydrogen) atoms. The first-order valence-electron chi connectivity index (χ1n) is 4.04. The SMILES string of the molecule is CC1([n+]2cn(N)cn2)CC1.[O-][Cl+3]([O-])([O-])[O-]. The maximum atomic E-state index is 8.49. The van der Waals surface area contributed by atoms with Crippen molar-refractivity contribution >= 4 is 0 Å². The van der Waals surface area contributed by atoms with Crippen LogP contribution in [0.5, 0.6) is 0 Å². The Bertz CT molecular complexity index is 326. The third-order valence-corrected chi connectivity index (χ3v) is 2.08. The lowest BCUT2D eigenvalue weighted by Crippen LogP contribution is -2.68. The van der Waals surface area contributed by atoms with E-state index in [1.165, 1.54) is 17.5 Å². The van der Waals surface area contributed by atoms with Crippen LogP contribution in [0.25, 0.3) is 0 Å². The zero-order valence-electron chi connectivity index (χ0n) is 8.00. The topological polar surface area (TPSA) is 140 Å². The number of nitrogens with two attached hydrogens (primary N) is 1. The molecule has 0 aromatic carbocycles. The van der Waals surface area contributed by atoms with Crippen molar-refractivity contribution in [2.75, 3.05) is 5.84 Å². The Hall–Kier alpha value is -0.930. The number of hydrogen-bond acceptors (Lipinski definition) is 6. The van der Waals surface area contributed by atoms with Crippen molar-refractivity contribution in [3.05, 3.63) is 12.7 Å². The Kier molecular flexibility index (Phi) is 3.16. The van der Waals surface area contributed by atoms with Crippen LogP contribution in [0.1, 0.15) is 19.8 Å². The number of aromatic nitrogens is 3. The molecule has 2 rings (SSSR count). The van der Waals surface area contributed by atoms with Crippen LogP contribution in [-0.2, 0) is 5.54 Å². The Morgan fingerprint density at radius 3 is 2.13 bits per heavy atom. The molecule has 2 N–H and O–H groups in total. The van der Waals surface area contributed by atoms with E-state index in [0.29, 0.717) is 0 Å². The highest BCUT2D eigenvalue weighted by Gasteiger charge is 2.45. The minimum Gasteiger partial charge on any atom is -0.268 e. The predicted octanol–water partition coefficient (Wildman–Crippen LogP) is -5.36. The van der Waals surface area contributed by atoms with Crippen molar-refractivity contribution < 1.29 is 33.6 Å². The van der Waals surface area contributed by atoms with E-state index in [1.54, 1.807) is 6.33 Å². The lowest BCUT2D eigenvalue weighted by Gasteiger charge is -2.17. The molecule has 0 saturated heterocycles. The summed E-state index contributed by atoms with van der Waals surface area (Å²) < 4.78 is 37.4. The van der Waals surface area contributed by atoms with E-state index < -0.39 is 10.2 Å². The fraction of sp³-hybridized carbons (Fsp3) is 0.667. The Balaban J connectivity index is 0.000000195. The molecule has 0 radical (unpaired) electrons. The molecule has 0 amide bonds. The number of rotatable bonds is 1. The number of nitrogens with zero attached hydrogens (tertiary/aromatic N) is 3. The second-order valence-electron chi connectivity index (χ2n) is 3.51. The largest absolute Gasteiger partial charge is 0.289 e. The summed E-state index contributed by atoms with van der Waals surface area (Å²) in [6, 6.07) is 0. The second-order valence-corrected chi connectivity index (χ2v) is 4.27. The van der Waals surface area contributed by atoms with Gasteiger partial charge in [0, 0.05) is 0 Å². The minimum absolute atomic E-state index is 0.268. The van der Waals surface area contributed by atoms with Crippen molar-refractivity contribution in [3.8, 4) is 0 Å². The molecule has 0 bridgehead atoms. The van der Waals surface area contributed by atoms with E-state index in [2.05, 4.69) is 12.0 Å². The maximum absolute atomic E-state index is 8.49. The van der Waals surface area contributed by atoms with Crippen LogP contribution in [0, 0.1) is 10.2 Å². The summed E-state index contributed by atoms with van der Waals surface area (Å²) in [5.41, 5.74) is 0.268. The summed E-state index contributed by atoms with van der Waals surface area (Å²) in [7, 11) is -4.94. The first kappa shape index (κ1) is 12.1. The van der Waals surface area contributed by atoms with Gasteiger partial charge in [0.15, 0.2) is 0 Å². The predicted molar refractivity (Wildman–Crippen MR) is 35.5 cm³/mol. The van der Waals surface area contributed by atoms with Gasteiger partial charge in [0.2, 0.25) is 6.33 Å². The molecule has 8 nitrogen and oxygen atoms in total. The molecule has 0 atom stereocenters. The van der Waals surface area contributed by atoms with Crippen LogP contribution in [0.4, 0.5) is 0 Å². The minimum atomic E-state index is -4.94. The Morgan fingerprint density at radius 2 is 1.87 bits per heavy atom. The van der Waals surface area contributed by atoms with Gasteiger partial charge in [-0.15, -0.1) is 19.6 Å². The number of hydrogen-bond donors (Lipinski definition) is 1. The molecule has 1 aromatic heterocycles. The zero-order valence-corrected chi connectivity index (χ0v) is 8.75. The van der Waals surface area contributed by atoms with Crippen LogP contribution in [0.3, 0.4) is 0 Å². The van der Waals surface area contributed by atoms with Crippen LogP contribution >= 0.6 is 0 Å². The van der Waals surface area contributed by atoms with Crippen molar-refractivity contribution in [2.45, 2.75) is 25.3 Å². The third-order valence-electron chi connectivity index (χ3n) is 2.08. The normalized spacial score (nSPS) is 17.9. The van der Waals surface area contributed by atoms with Gasteiger partial charge in [-0.3, -0.25) is 5.84 Å². The highest BCUT2D eigenvalue weighted by Crippen LogP contribution is 2.36. The summed E-state index contributed by atoms with van der Waals surface area (Å²) in [6.07, 6.45) is 5.86. The first-order chi connectivity index (χ1) is 6.71. The smallest absolute Gasteiger partial charge is 0.268 e. The average Bonchev–Trinajstić information content (AvgIpc) is 2.59. The van der Waals surface area contributed by atoms with Crippen molar-refractivity contribution in [1.82, 2.24) is 9.77 Å². The average molecular weight is 239 g/mol. The van der Waals surface area contributed by atoms with Crippen molar-refractivity contribution in [3.63, 3.8) is 0 Å². The van der Waals surface area contributed by atoms with Gasteiger partial charge in [-0.25, -0.2) is 18.6 Å². The molecule has 9 heteroatoms. The zero-order chi connectivity index (χ0) is 11.7. The van der Waals surface area contributed by atoms with Crippen molar-refractivity contribution in [2.24, 2.45) is 0 Å². The second kappa shape index (κ2) is 3.91. The maximum Gasteiger partial charge on any atom is 0.289 e. The summed E-state index contributed by atoms with van der Waals surface area (Å²) in [5.74, 6) is 5.44. The van der Waals surface area contributed by atoms with Gasteiger partial charge in [0.1, 0.15) is 5.54 Å². The van der Waals surface area contributed by atoms with E-state index in [1.807, 2.05) is 11.0 Å². The molecule has 1 aromatic rings. The molecular weight excluding hydrogens is 228 g/mol. The Labute approximate surface area is 87.9 Å². The van der Waals surface area contributed by atoms with Crippen molar-refractivity contribution in [1.29, 1.82) is 0 Å². The van der Waals surface area contributed by atoms with E-state index in [-0.39, 0.29) is 5.54 Å². The van der Waals surface area contributed by atoms with Crippen LogP contribution in [-0.4, -0.2) is 9.77 Å². The molecule has 0 unspecified atom stereocenters. The molecule has 86 valence electrons. The number of halogens is 1. The fourth-order valence-corrected chi connectivity index (χ4v) is 0.990. The van der Waals surface area contributed by atoms with E-state index >= 15 is 0 Å². The summed E-state index contributed by atoms with van der Waals surface area (Å²) >= 11 is 0. The standard InChI is InChI=1S/C6H11N4.ClHO4/c1-6(2-3-6)10-5-9(7)4-8-10;2-1(3,4)5/h4-5H,2-3,7H2,1H3;(H,2,3,4,5)/q+1;/p-1. The molecule has 1 fully saturated rings. The van der Waals surface area contributed by atoms with E-state index in [9.17, 15) is 0 Å². The molecule has 0 spiro atoms. The van der Waals surface area contributed by atoms with Gasteiger partial charge in [0.25, 0.3) is 6.33 Å². The molecule has 1 saturated carbocycles. The van der Waals surface area contributed by atoms with Gasteiger partial charge >= 0.3 is 0 Å². The van der Waals surface area contributed by atoms with Gasteiger partial charge < -0.3 is 0 Å². The molecule has 1 heterocycles. The lowest BCUT2D eigenvalue weighted by atomic mass is 10.3. The van der Waals surface area contributed by atoms with Gasteiger partial charge in [-0.1, -0.05) is 0 Å². The monoisotopic (exact) mass is 238 g/mol. The molecule has 1 aliphatic rings. The highest BCUT2D eigenvalue weighted by molar-refractivity contribution is 4.81. The lowest BCUT2D eigenvalue weighted by molar-refractivity contribution is -2.00. The van der Waals surface area contributed by atoms with Crippen LogP contribution < -0.4 is 29.2 Å². The van der Waals surface area contributed by atoms with Gasteiger partial charge in [-0.05, 0) is 24.9 Å². The van der Waals surface area contributed by atoms with E-state index in [0.717, 1.165) is 0 Å². The molecule has 0 aliphatic heterocycles. The van der Waals surface area contributed by atoms with Crippen LogP contribution in [0.15, 0.2) is 12.7 Å². The summed E-state index contributed by atoms with van der Waals surface area (Å²) in [4.78, 5) is 0. The summed E-state index contributed by atoms with van der Waals surface area (Å²) in [5, 5.41) is 4.10. The van der Waals surface area contributed by atoms with E-state index in [4.69, 9.17) is 24.5 Å². The van der Waals surface area contributed by atoms with Gasteiger partial charge in [-0.2, -0.15) is 0 Å². The molecule has 1 aliphatic carbocycles.